The number of fused-ring (bicyclic) bond motifs is 2. The summed E-state index contributed by atoms with van der Waals surface area (Å²) in [4.78, 5) is 25.3. The Bertz CT molecular complexity index is 744. The molecular formula is C14H12N5O+. The van der Waals surface area contributed by atoms with E-state index in [4.69, 9.17) is 0 Å². The first kappa shape index (κ1) is 11.2. The second kappa shape index (κ2) is 4.19. The third-order valence-corrected chi connectivity index (χ3v) is 3.55. The van der Waals surface area contributed by atoms with Gasteiger partial charge in [0.05, 0.1) is 12.7 Å². The Morgan fingerprint density at radius 1 is 1.15 bits per heavy atom. The Balaban J connectivity index is 1.97. The minimum Gasteiger partial charge on any atom is -0.277 e. The summed E-state index contributed by atoms with van der Waals surface area (Å²) in [5.74, 6) is 0.752. The molecule has 1 aromatic carbocycles. The van der Waals surface area contributed by atoms with Crippen LogP contribution in [0.15, 0.2) is 52.7 Å². The molecule has 6 nitrogen and oxygen atoms in total. The molecule has 6 heteroatoms. The van der Waals surface area contributed by atoms with Crippen LogP contribution in [0.5, 0.6) is 0 Å². The highest BCUT2D eigenvalue weighted by Crippen LogP contribution is 2.31. The molecule has 0 saturated heterocycles. The van der Waals surface area contributed by atoms with Crippen LogP contribution in [0, 0.1) is 4.91 Å². The van der Waals surface area contributed by atoms with Crippen molar-refractivity contribution < 1.29 is 4.76 Å². The van der Waals surface area contributed by atoms with Gasteiger partial charge in [0, 0.05) is 4.76 Å². The maximum Gasteiger partial charge on any atom is 0.396 e. The van der Waals surface area contributed by atoms with Crippen molar-refractivity contribution in [1.29, 1.82) is 0 Å². The van der Waals surface area contributed by atoms with E-state index in [0.717, 1.165) is 16.0 Å². The quantitative estimate of drug-likeness (QED) is 0.738. The van der Waals surface area contributed by atoms with Crippen molar-refractivity contribution in [3.8, 4) is 0 Å². The van der Waals surface area contributed by atoms with Crippen molar-refractivity contribution >= 4 is 17.5 Å². The molecule has 0 saturated carbocycles. The Kier molecular flexibility index (Phi) is 2.35. The molecule has 2 aromatic rings. The van der Waals surface area contributed by atoms with Crippen LogP contribution >= 0.6 is 0 Å². The lowest BCUT2D eigenvalue weighted by atomic mass is 9.99. The van der Waals surface area contributed by atoms with Gasteiger partial charge in [0.25, 0.3) is 5.84 Å². The fourth-order valence-electron chi connectivity index (χ4n) is 2.70. The highest BCUT2D eigenvalue weighted by molar-refractivity contribution is 6.41. The number of rotatable bonds is 1. The minimum atomic E-state index is -0.127. The lowest BCUT2D eigenvalue weighted by Crippen LogP contribution is -2.41. The number of imidazole rings is 1. The van der Waals surface area contributed by atoms with Crippen molar-refractivity contribution in [1.82, 2.24) is 9.55 Å². The Morgan fingerprint density at radius 3 is 2.80 bits per heavy atom. The Morgan fingerprint density at radius 2 is 1.95 bits per heavy atom. The van der Waals surface area contributed by atoms with Crippen LogP contribution in [0.4, 0.5) is 5.95 Å². The van der Waals surface area contributed by atoms with Crippen molar-refractivity contribution in [2.75, 3.05) is 13.1 Å². The predicted octanol–water partition coefficient (Wildman–Crippen LogP) is 1.75. The number of nitrogens with zero attached hydrogens (tertiary/aromatic N) is 5. The highest BCUT2D eigenvalue weighted by atomic mass is 16.3. The fraction of sp³-hybridized carbons (Fsp3) is 0.214. The van der Waals surface area contributed by atoms with Crippen LogP contribution in [0.1, 0.15) is 11.6 Å². The van der Waals surface area contributed by atoms with Crippen molar-refractivity contribution in [3.05, 3.63) is 53.2 Å². The van der Waals surface area contributed by atoms with E-state index in [-0.39, 0.29) is 6.04 Å². The first-order valence-electron chi connectivity index (χ1n) is 6.50. The Hall–Kier alpha value is -2.63. The second-order valence-corrected chi connectivity index (χ2v) is 4.71. The van der Waals surface area contributed by atoms with E-state index in [0.29, 0.717) is 24.9 Å². The van der Waals surface area contributed by atoms with Crippen LogP contribution in [-0.2, 0) is 0 Å². The van der Waals surface area contributed by atoms with E-state index in [1.807, 2.05) is 41.1 Å². The molecule has 1 unspecified atom stereocenters. The Labute approximate surface area is 115 Å². The summed E-state index contributed by atoms with van der Waals surface area (Å²) >= 11 is 0. The maximum absolute atomic E-state index is 12.3. The molecule has 1 aromatic heterocycles. The van der Waals surface area contributed by atoms with Gasteiger partial charge >= 0.3 is 5.95 Å². The zero-order valence-electron chi connectivity index (χ0n) is 10.7. The topological polar surface area (TPSA) is 62.6 Å². The molecule has 0 amide bonds. The molecule has 0 fully saturated rings. The largest absolute Gasteiger partial charge is 0.396 e. The summed E-state index contributed by atoms with van der Waals surface area (Å²) in [6.07, 6.45) is 3.44. The molecule has 0 spiro atoms. The molecule has 20 heavy (non-hydrogen) atoms. The first-order chi connectivity index (χ1) is 9.86. The van der Waals surface area contributed by atoms with E-state index in [1.165, 1.54) is 0 Å². The normalized spacial score (nSPS) is 20.8. The third-order valence-electron chi connectivity index (χ3n) is 3.55. The first-order valence-corrected chi connectivity index (χ1v) is 6.50. The highest BCUT2D eigenvalue weighted by Gasteiger charge is 2.43. The zero-order chi connectivity index (χ0) is 13.5. The van der Waals surface area contributed by atoms with Crippen molar-refractivity contribution in [2.24, 2.45) is 9.98 Å². The van der Waals surface area contributed by atoms with Crippen LogP contribution in [0.25, 0.3) is 0 Å². The van der Waals surface area contributed by atoms with Crippen LogP contribution in [0.3, 0.4) is 0 Å². The molecule has 0 radical (unpaired) electrons. The van der Waals surface area contributed by atoms with Crippen molar-refractivity contribution in [3.63, 3.8) is 0 Å². The monoisotopic (exact) mass is 266 g/mol. The molecule has 1 atom stereocenters. The SMILES string of the molecule is O=[N+]1C2=NCCN=C2C(c2ccccc2)n2ccnc21. The average molecular weight is 266 g/mol. The van der Waals surface area contributed by atoms with Gasteiger partial charge in [0.15, 0.2) is 0 Å². The van der Waals surface area contributed by atoms with E-state index >= 15 is 0 Å². The van der Waals surface area contributed by atoms with Gasteiger partial charge in [-0.15, -0.1) is 9.89 Å². The molecule has 0 bridgehead atoms. The van der Waals surface area contributed by atoms with Gasteiger partial charge in [-0.25, -0.2) is 4.57 Å². The number of nitroso groups, excluding NO2 is 1. The second-order valence-electron chi connectivity index (χ2n) is 4.71. The molecule has 4 rings (SSSR count). The molecular weight excluding hydrogens is 254 g/mol. The fourth-order valence-corrected chi connectivity index (χ4v) is 2.70. The smallest absolute Gasteiger partial charge is 0.277 e. The third kappa shape index (κ3) is 1.48. The summed E-state index contributed by atoms with van der Waals surface area (Å²) in [6.45, 7) is 1.18. The van der Waals surface area contributed by atoms with Gasteiger partial charge in [-0.3, -0.25) is 4.99 Å². The molecule has 3 heterocycles. The van der Waals surface area contributed by atoms with Gasteiger partial charge in [0.2, 0.25) is 0 Å². The lowest BCUT2D eigenvalue weighted by molar-refractivity contribution is -0.344. The van der Waals surface area contributed by atoms with E-state index in [2.05, 4.69) is 15.0 Å². The van der Waals surface area contributed by atoms with Crippen LogP contribution in [0.2, 0.25) is 0 Å². The number of aromatic nitrogens is 2. The molecule has 98 valence electrons. The van der Waals surface area contributed by atoms with E-state index in [9.17, 15) is 4.91 Å². The summed E-state index contributed by atoms with van der Waals surface area (Å²) < 4.78 is 2.63. The van der Waals surface area contributed by atoms with E-state index < -0.39 is 0 Å². The van der Waals surface area contributed by atoms with Gasteiger partial charge in [-0.1, -0.05) is 30.3 Å². The summed E-state index contributed by atoms with van der Waals surface area (Å²) in [5.41, 5.74) is 1.80. The van der Waals surface area contributed by atoms with Crippen molar-refractivity contribution in [2.45, 2.75) is 6.04 Å². The number of aliphatic imine (C=N–C) groups is 2. The molecule has 2 aliphatic heterocycles. The predicted molar refractivity (Wildman–Crippen MR) is 74.7 cm³/mol. The van der Waals surface area contributed by atoms with Gasteiger partial charge in [0.1, 0.15) is 24.5 Å². The zero-order valence-corrected chi connectivity index (χ0v) is 10.7. The number of amidine groups is 1. The molecule has 2 aliphatic rings. The summed E-state index contributed by atoms with van der Waals surface area (Å²) in [7, 11) is 0. The standard InChI is InChI=1S/C14H12N5O/c20-19-13-11(15-6-7-16-13)12(10-4-2-1-3-5-10)18-9-8-17-14(18)19/h1-5,8-9,12H,6-7H2/q+1. The van der Waals surface area contributed by atoms with Gasteiger partial charge in [-0.05, 0) is 5.56 Å². The molecule has 0 N–H and O–H groups in total. The van der Waals surface area contributed by atoms with Crippen LogP contribution < -0.4 is 0 Å². The average Bonchev–Trinajstić information content (AvgIpc) is 2.98. The number of hydrogen-bond donors (Lipinski definition) is 0. The minimum absolute atomic E-state index is 0.127. The summed E-state index contributed by atoms with van der Waals surface area (Å²) in [6, 6.07) is 9.87. The molecule has 0 aliphatic carbocycles. The van der Waals surface area contributed by atoms with Gasteiger partial charge in [-0.2, -0.15) is 4.99 Å². The number of benzene rings is 1. The van der Waals surface area contributed by atoms with Crippen LogP contribution in [-0.4, -0.2) is 38.9 Å². The maximum atomic E-state index is 12.3. The summed E-state index contributed by atoms with van der Waals surface area (Å²) in [5, 5.41) is 0. The number of hydrogen-bond acceptors (Lipinski definition) is 4. The van der Waals surface area contributed by atoms with Gasteiger partial charge < -0.3 is 0 Å². The van der Waals surface area contributed by atoms with E-state index in [1.54, 1.807) is 6.20 Å². The lowest BCUT2D eigenvalue weighted by Gasteiger charge is -2.24.